The Morgan fingerprint density at radius 1 is 0.905 bits per heavy atom. The Morgan fingerprint density at radius 2 is 1.38 bits per heavy atom. The van der Waals surface area contributed by atoms with E-state index in [2.05, 4.69) is 13.8 Å². The van der Waals surface area contributed by atoms with Crippen LogP contribution in [0.4, 0.5) is 0 Å². The van der Waals surface area contributed by atoms with Crippen molar-refractivity contribution < 1.29 is 47.6 Å². The number of hydrogen-bond acceptors (Lipinski definition) is 4. The third-order valence-electron chi connectivity index (χ3n) is 3.71. The van der Waals surface area contributed by atoms with E-state index in [1.807, 2.05) is 0 Å². The molecule has 0 rings (SSSR count). The van der Waals surface area contributed by atoms with Crippen LogP contribution in [0.2, 0.25) is 0 Å². The summed E-state index contributed by atoms with van der Waals surface area (Å²) in [6.07, 6.45) is 8.49. The number of hydrogen-bond donors (Lipinski definition) is 1. The molecule has 0 aliphatic rings. The molecule has 0 aromatic rings. The molecule has 21 heavy (non-hydrogen) atoms. The monoisotopic (exact) mass is 330 g/mol. The SMILES string of the molecule is CCCCCCC(O)CC(CCCCCC)S(=O)(=O)[O-].[Na+]. The number of unbranched alkanes of at least 4 members (excludes halogenated alkanes) is 6. The summed E-state index contributed by atoms with van der Waals surface area (Å²) in [6, 6.07) is 0. The van der Waals surface area contributed by atoms with Gasteiger partial charge in [-0.05, 0) is 19.3 Å². The van der Waals surface area contributed by atoms with Crippen molar-refractivity contribution in [2.24, 2.45) is 0 Å². The number of rotatable bonds is 13. The maximum Gasteiger partial charge on any atom is 1.00 e. The number of aliphatic hydroxyl groups is 1. The summed E-state index contributed by atoms with van der Waals surface area (Å²) in [6.45, 7) is 4.20. The van der Waals surface area contributed by atoms with Gasteiger partial charge in [-0.15, -0.1) is 0 Å². The zero-order valence-electron chi connectivity index (χ0n) is 14.0. The summed E-state index contributed by atoms with van der Waals surface area (Å²) < 4.78 is 33.7. The van der Waals surface area contributed by atoms with E-state index in [0.717, 1.165) is 51.4 Å². The summed E-state index contributed by atoms with van der Waals surface area (Å²) in [5.41, 5.74) is 0. The van der Waals surface area contributed by atoms with Crippen LogP contribution in [0.15, 0.2) is 0 Å². The van der Waals surface area contributed by atoms with Crippen molar-refractivity contribution in [3.05, 3.63) is 0 Å². The Balaban J connectivity index is 0. The fourth-order valence-electron chi connectivity index (χ4n) is 2.41. The molecular formula is C15H31NaO4S. The molecule has 6 heteroatoms. The zero-order valence-corrected chi connectivity index (χ0v) is 16.8. The van der Waals surface area contributed by atoms with Crippen LogP contribution >= 0.6 is 0 Å². The van der Waals surface area contributed by atoms with Gasteiger partial charge in [-0.25, -0.2) is 8.42 Å². The minimum absolute atomic E-state index is 0. The molecule has 0 saturated carbocycles. The summed E-state index contributed by atoms with van der Waals surface area (Å²) in [7, 11) is -4.29. The summed E-state index contributed by atoms with van der Waals surface area (Å²) >= 11 is 0. The first-order valence-corrected chi connectivity index (χ1v) is 9.51. The van der Waals surface area contributed by atoms with E-state index in [9.17, 15) is 18.1 Å². The van der Waals surface area contributed by atoms with Crippen LogP contribution in [0.5, 0.6) is 0 Å². The molecule has 2 unspecified atom stereocenters. The van der Waals surface area contributed by atoms with Gasteiger partial charge >= 0.3 is 29.6 Å². The first kappa shape index (κ1) is 24.1. The van der Waals surface area contributed by atoms with E-state index < -0.39 is 21.5 Å². The van der Waals surface area contributed by atoms with Crippen molar-refractivity contribution in [1.82, 2.24) is 0 Å². The van der Waals surface area contributed by atoms with E-state index in [4.69, 9.17) is 0 Å². The predicted molar refractivity (Wildman–Crippen MR) is 81.6 cm³/mol. The van der Waals surface area contributed by atoms with E-state index in [0.29, 0.717) is 12.8 Å². The van der Waals surface area contributed by atoms with Gasteiger partial charge < -0.3 is 9.66 Å². The smallest absolute Gasteiger partial charge is 0.748 e. The van der Waals surface area contributed by atoms with E-state index in [-0.39, 0.29) is 36.0 Å². The summed E-state index contributed by atoms with van der Waals surface area (Å²) in [5.74, 6) is 0. The van der Waals surface area contributed by atoms with Gasteiger partial charge in [0.1, 0.15) is 0 Å². The van der Waals surface area contributed by atoms with Crippen LogP contribution in [0, 0.1) is 0 Å². The van der Waals surface area contributed by atoms with E-state index >= 15 is 0 Å². The second-order valence-corrected chi connectivity index (χ2v) is 7.36. The minimum Gasteiger partial charge on any atom is -0.748 e. The Hall–Kier alpha value is 0.870. The molecular weight excluding hydrogens is 299 g/mol. The van der Waals surface area contributed by atoms with Crippen molar-refractivity contribution in [1.29, 1.82) is 0 Å². The minimum atomic E-state index is -4.29. The molecule has 0 aliphatic carbocycles. The molecule has 0 aromatic heterocycles. The van der Waals surface area contributed by atoms with Crippen molar-refractivity contribution in [3.63, 3.8) is 0 Å². The number of aliphatic hydroxyl groups excluding tert-OH is 1. The van der Waals surface area contributed by atoms with E-state index in [1.165, 1.54) is 0 Å². The van der Waals surface area contributed by atoms with Gasteiger partial charge in [0.2, 0.25) is 0 Å². The van der Waals surface area contributed by atoms with E-state index in [1.54, 1.807) is 0 Å². The molecule has 2 atom stereocenters. The normalized spacial score (nSPS) is 14.5. The second kappa shape index (κ2) is 14.5. The molecule has 0 aromatic carbocycles. The van der Waals surface area contributed by atoms with Crippen molar-refractivity contribution >= 4 is 10.1 Å². The topological polar surface area (TPSA) is 77.4 Å². The van der Waals surface area contributed by atoms with Crippen LogP contribution in [0.3, 0.4) is 0 Å². The quantitative estimate of drug-likeness (QED) is 0.305. The summed E-state index contributed by atoms with van der Waals surface area (Å²) in [4.78, 5) is 0. The molecule has 1 N–H and O–H groups in total. The van der Waals surface area contributed by atoms with Crippen molar-refractivity contribution in [2.75, 3.05) is 0 Å². The predicted octanol–water partition coefficient (Wildman–Crippen LogP) is 0.596. The van der Waals surface area contributed by atoms with Gasteiger partial charge in [0.25, 0.3) is 0 Å². The van der Waals surface area contributed by atoms with Gasteiger partial charge in [0, 0.05) is 0 Å². The molecule has 0 radical (unpaired) electrons. The van der Waals surface area contributed by atoms with Crippen LogP contribution < -0.4 is 29.6 Å². The van der Waals surface area contributed by atoms with Crippen LogP contribution in [-0.4, -0.2) is 29.4 Å². The van der Waals surface area contributed by atoms with Crippen molar-refractivity contribution in [2.45, 2.75) is 95.8 Å². The molecule has 0 fully saturated rings. The molecule has 0 heterocycles. The first-order valence-electron chi connectivity index (χ1n) is 8.04. The molecule has 0 saturated heterocycles. The van der Waals surface area contributed by atoms with Gasteiger partial charge in [-0.3, -0.25) is 0 Å². The summed E-state index contributed by atoms with van der Waals surface area (Å²) in [5, 5.41) is 8.97. The largest absolute Gasteiger partial charge is 1.00 e. The fourth-order valence-corrected chi connectivity index (χ4v) is 3.32. The average molecular weight is 330 g/mol. The second-order valence-electron chi connectivity index (χ2n) is 5.70. The third-order valence-corrected chi connectivity index (χ3v) is 4.96. The standard InChI is InChI=1S/C15H32O4S.Na/c1-3-5-7-9-11-14(16)13-15(20(17,18)19)12-10-8-6-4-2;/h14-16H,3-13H2,1-2H3,(H,17,18,19);/q;+1/p-1. The zero-order chi connectivity index (χ0) is 15.4. The molecule has 122 valence electrons. The molecule has 0 bridgehead atoms. The van der Waals surface area contributed by atoms with Gasteiger partial charge in [-0.2, -0.15) is 0 Å². The van der Waals surface area contributed by atoms with Crippen LogP contribution in [0.25, 0.3) is 0 Å². The first-order chi connectivity index (χ1) is 9.41. The van der Waals surface area contributed by atoms with Crippen LogP contribution in [0.1, 0.15) is 84.5 Å². The van der Waals surface area contributed by atoms with Crippen LogP contribution in [-0.2, 0) is 10.1 Å². The maximum atomic E-state index is 11.2. The van der Waals surface area contributed by atoms with Crippen molar-refractivity contribution in [3.8, 4) is 0 Å². The maximum absolute atomic E-state index is 11.2. The van der Waals surface area contributed by atoms with Gasteiger partial charge in [0.15, 0.2) is 0 Å². The fraction of sp³-hybridized carbons (Fsp3) is 1.00. The molecule has 0 aliphatic heterocycles. The molecule has 0 spiro atoms. The Labute approximate surface area is 153 Å². The Morgan fingerprint density at radius 3 is 1.81 bits per heavy atom. The third kappa shape index (κ3) is 14.2. The van der Waals surface area contributed by atoms with Gasteiger partial charge in [-0.1, -0.05) is 65.2 Å². The Kier molecular flexibility index (Phi) is 16.6. The molecule has 0 amide bonds. The Bertz CT molecular complexity index is 320. The molecule has 4 nitrogen and oxygen atoms in total. The van der Waals surface area contributed by atoms with Gasteiger partial charge in [0.05, 0.1) is 21.5 Å². The average Bonchev–Trinajstić information content (AvgIpc) is 2.37.